The summed E-state index contributed by atoms with van der Waals surface area (Å²) in [5.41, 5.74) is 0. The summed E-state index contributed by atoms with van der Waals surface area (Å²) in [5, 5.41) is 5.71. The van der Waals surface area contributed by atoms with E-state index in [1.807, 2.05) is 26.2 Å². The third-order valence-electron chi connectivity index (χ3n) is 3.21. The minimum atomic E-state index is -3.72. The second-order valence-electron chi connectivity index (χ2n) is 5.57. The van der Waals surface area contributed by atoms with E-state index in [0.717, 1.165) is 37.3 Å². The lowest BCUT2D eigenvalue weighted by Crippen LogP contribution is -2.37. The molecular weight excluding hydrogens is 318 g/mol. The average molecular weight is 341 g/mol. The van der Waals surface area contributed by atoms with E-state index < -0.39 is 10.2 Å². The van der Waals surface area contributed by atoms with Crippen molar-refractivity contribution < 1.29 is 12.8 Å². The molecule has 0 amide bonds. The second-order valence-corrected chi connectivity index (χ2v) is 6.83. The molecule has 2 rings (SSSR count). The predicted octanol–water partition coefficient (Wildman–Crippen LogP) is 0.528. The lowest BCUT2D eigenvalue weighted by atomic mass is 10.2. The Morgan fingerprint density at radius 3 is 2.52 bits per heavy atom. The van der Waals surface area contributed by atoms with Crippen molar-refractivity contribution in [2.75, 3.05) is 27.7 Å². The Morgan fingerprint density at radius 1 is 1.13 bits per heavy atom. The van der Waals surface area contributed by atoms with Gasteiger partial charge in [0.25, 0.3) is 0 Å². The zero-order chi connectivity index (χ0) is 16.9. The van der Waals surface area contributed by atoms with Gasteiger partial charge >= 0.3 is 10.2 Å². The topological polar surface area (TPSA) is 99.3 Å². The van der Waals surface area contributed by atoms with Gasteiger partial charge in [0, 0.05) is 20.0 Å². The van der Waals surface area contributed by atoms with Gasteiger partial charge in [0.2, 0.25) is 0 Å². The fraction of sp³-hybridized carbons (Fsp3) is 0.571. The van der Waals surface area contributed by atoms with Gasteiger partial charge in [-0.1, -0.05) is 0 Å². The van der Waals surface area contributed by atoms with Gasteiger partial charge in [-0.2, -0.15) is 8.42 Å². The highest BCUT2D eigenvalue weighted by atomic mass is 32.2. The number of amidine groups is 2. The van der Waals surface area contributed by atoms with Crippen LogP contribution in [-0.2, 0) is 23.2 Å². The van der Waals surface area contributed by atoms with Crippen LogP contribution in [0.25, 0.3) is 0 Å². The fourth-order valence-corrected chi connectivity index (χ4v) is 3.03. The molecule has 9 heteroatoms. The van der Waals surface area contributed by atoms with E-state index in [9.17, 15) is 8.42 Å². The van der Waals surface area contributed by atoms with Crippen LogP contribution in [0.1, 0.15) is 24.4 Å². The first-order valence-corrected chi connectivity index (χ1v) is 8.88. The Labute approximate surface area is 136 Å². The number of hydrogen-bond acceptors (Lipinski definition) is 6. The standard InChI is InChI=1S/C14H23N5O3S/c1-15-13-14(18-23(20,21)17-13)16-9-5-4-6-11-7-8-12(22-11)10-19(2)3/h7-8H,4-6,9-10H2,1-3H3,(H,15,17)(H,16,18). The van der Waals surface area contributed by atoms with Crippen LogP contribution in [0.3, 0.4) is 0 Å². The molecule has 0 spiro atoms. The Morgan fingerprint density at radius 2 is 1.83 bits per heavy atom. The Hall–Kier alpha value is -1.87. The number of nitrogens with zero attached hydrogens (tertiary/aromatic N) is 3. The molecule has 1 aliphatic heterocycles. The number of furan rings is 1. The van der Waals surface area contributed by atoms with Gasteiger partial charge < -0.3 is 20.0 Å². The predicted molar refractivity (Wildman–Crippen MR) is 89.9 cm³/mol. The Balaban J connectivity index is 1.70. The summed E-state index contributed by atoms with van der Waals surface area (Å²) in [6, 6.07) is 4.01. The normalized spacial score (nSPS) is 16.3. The summed E-state index contributed by atoms with van der Waals surface area (Å²) in [4.78, 5) is 2.06. The van der Waals surface area contributed by atoms with Crippen molar-refractivity contribution in [1.82, 2.24) is 15.5 Å². The molecule has 23 heavy (non-hydrogen) atoms. The van der Waals surface area contributed by atoms with Crippen LogP contribution in [0.4, 0.5) is 0 Å². The highest BCUT2D eigenvalue weighted by molar-refractivity contribution is 7.89. The van der Waals surface area contributed by atoms with Crippen molar-refractivity contribution in [3.05, 3.63) is 23.7 Å². The maximum atomic E-state index is 11.3. The zero-order valence-corrected chi connectivity index (χ0v) is 14.5. The van der Waals surface area contributed by atoms with Gasteiger partial charge in [-0.15, -0.1) is 8.80 Å². The second kappa shape index (κ2) is 7.60. The first-order chi connectivity index (χ1) is 10.9. The maximum absolute atomic E-state index is 11.3. The van der Waals surface area contributed by atoms with Gasteiger partial charge in [0.15, 0.2) is 11.7 Å². The van der Waals surface area contributed by atoms with E-state index in [0.29, 0.717) is 6.54 Å². The van der Waals surface area contributed by atoms with Crippen molar-refractivity contribution in [3.8, 4) is 0 Å². The first-order valence-electron chi connectivity index (χ1n) is 7.49. The molecule has 2 heterocycles. The van der Waals surface area contributed by atoms with E-state index in [1.165, 1.54) is 0 Å². The Bertz CT molecular complexity index is 691. The van der Waals surface area contributed by atoms with E-state index >= 15 is 0 Å². The zero-order valence-electron chi connectivity index (χ0n) is 13.7. The third-order valence-corrected chi connectivity index (χ3v) is 4.03. The maximum Gasteiger partial charge on any atom is 0.367 e. The molecule has 0 bridgehead atoms. The SMILES string of the molecule is CNC1=NS(=O)(=O)N=C1NCCCCc1ccc(CN(C)C)o1. The molecule has 128 valence electrons. The third kappa shape index (κ3) is 5.36. The van der Waals surface area contributed by atoms with Crippen LogP contribution in [0.15, 0.2) is 25.3 Å². The van der Waals surface area contributed by atoms with Crippen LogP contribution in [0.5, 0.6) is 0 Å². The van der Waals surface area contributed by atoms with Crippen LogP contribution >= 0.6 is 0 Å². The number of hydrogen-bond donors (Lipinski definition) is 2. The van der Waals surface area contributed by atoms with Crippen LogP contribution < -0.4 is 10.6 Å². The summed E-state index contributed by atoms with van der Waals surface area (Å²) in [6.45, 7) is 1.42. The summed E-state index contributed by atoms with van der Waals surface area (Å²) >= 11 is 0. The largest absolute Gasteiger partial charge is 0.465 e. The molecule has 2 N–H and O–H groups in total. The molecule has 1 aromatic heterocycles. The van der Waals surface area contributed by atoms with E-state index in [1.54, 1.807) is 7.05 Å². The fourth-order valence-electron chi connectivity index (χ4n) is 2.20. The quantitative estimate of drug-likeness (QED) is 0.702. The van der Waals surface area contributed by atoms with Gasteiger partial charge in [-0.25, -0.2) is 0 Å². The minimum Gasteiger partial charge on any atom is -0.465 e. The molecular formula is C14H23N5O3S. The Kier molecular flexibility index (Phi) is 5.78. The van der Waals surface area contributed by atoms with Gasteiger partial charge in [0.1, 0.15) is 11.5 Å². The van der Waals surface area contributed by atoms with Crippen molar-refractivity contribution >= 4 is 21.9 Å². The minimum absolute atomic E-state index is 0.254. The summed E-state index contributed by atoms with van der Waals surface area (Å²) in [5.74, 6) is 2.46. The lowest BCUT2D eigenvalue weighted by molar-refractivity contribution is 0.340. The molecule has 0 atom stereocenters. The molecule has 1 aromatic rings. The van der Waals surface area contributed by atoms with Gasteiger partial charge in [0.05, 0.1) is 6.54 Å². The highest BCUT2D eigenvalue weighted by Crippen LogP contribution is 2.12. The molecule has 0 fully saturated rings. The number of nitrogens with one attached hydrogen (secondary N) is 2. The van der Waals surface area contributed by atoms with Crippen molar-refractivity contribution in [2.24, 2.45) is 8.80 Å². The van der Waals surface area contributed by atoms with Crippen molar-refractivity contribution in [3.63, 3.8) is 0 Å². The molecule has 0 aliphatic carbocycles. The molecule has 0 saturated carbocycles. The van der Waals surface area contributed by atoms with Crippen LogP contribution in [-0.4, -0.2) is 52.7 Å². The number of unbranched alkanes of at least 4 members (excludes halogenated alkanes) is 1. The summed E-state index contributed by atoms with van der Waals surface area (Å²) in [7, 11) is 1.90. The van der Waals surface area contributed by atoms with Gasteiger partial charge in [-0.05, 0) is 39.1 Å². The van der Waals surface area contributed by atoms with Crippen LogP contribution in [0.2, 0.25) is 0 Å². The first kappa shape index (κ1) is 17.5. The smallest absolute Gasteiger partial charge is 0.367 e. The molecule has 0 radical (unpaired) electrons. The summed E-state index contributed by atoms with van der Waals surface area (Å²) in [6.07, 6.45) is 2.67. The average Bonchev–Trinajstić information content (AvgIpc) is 3.01. The number of rotatable bonds is 7. The van der Waals surface area contributed by atoms with E-state index in [4.69, 9.17) is 4.42 Å². The molecule has 0 unspecified atom stereocenters. The van der Waals surface area contributed by atoms with Gasteiger partial charge in [-0.3, -0.25) is 0 Å². The molecule has 0 aromatic carbocycles. The van der Waals surface area contributed by atoms with E-state index in [-0.39, 0.29) is 11.7 Å². The highest BCUT2D eigenvalue weighted by Gasteiger charge is 2.22. The summed E-state index contributed by atoms with van der Waals surface area (Å²) < 4.78 is 35.4. The lowest BCUT2D eigenvalue weighted by Gasteiger charge is -2.07. The monoisotopic (exact) mass is 341 g/mol. The molecule has 1 aliphatic rings. The molecule has 0 saturated heterocycles. The van der Waals surface area contributed by atoms with Crippen LogP contribution in [0, 0.1) is 0 Å². The van der Waals surface area contributed by atoms with Crippen molar-refractivity contribution in [1.29, 1.82) is 0 Å². The van der Waals surface area contributed by atoms with E-state index in [2.05, 4.69) is 24.3 Å². The molecule has 8 nitrogen and oxygen atoms in total. The number of likely N-dealkylation sites (N-methyl/N-ethyl adjacent to an activating group) is 1. The van der Waals surface area contributed by atoms with Crippen molar-refractivity contribution in [2.45, 2.75) is 25.8 Å². The number of aryl methyl sites for hydroxylation is 1.